The van der Waals surface area contributed by atoms with Crippen LogP contribution >= 0.6 is 0 Å². The third-order valence-corrected chi connectivity index (χ3v) is 3.56. The second-order valence-electron chi connectivity index (χ2n) is 4.76. The molecule has 3 heterocycles. The number of aryl methyl sites for hydroxylation is 2. The number of imidazole rings is 1. The first-order chi connectivity index (χ1) is 9.78. The quantitative estimate of drug-likeness (QED) is 0.789. The predicted octanol–water partition coefficient (Wildman–Crippen LogP) is 2.10. The van der Waals surface area contributed by atoms with E-state index in [0.717, 1.165) is 35.7 Å². The van der Waals surface area contributed by atoms with Gasteiger partial charge in [-0.25, -0.2) is 9.67 Å². The van der Waals surface area contributed by atoms with Gasteiger partial charge in [-0.2, -0.15) is 5.10 Å². The van der Waals surface area contributed by atoms with Crippen molar-refractivity contribution in [2.24, 2.45) is 5.73 Å². The molecule has 104 valence electrons. The Morgan fingerprint density at radius 1 is 1.20 bits per heavy atom. The van der Waals surface area contributed by atoms with Crippen molar-refractivity contribution in [1.82, 2.24) is 19.2 Å². The highest BCUT2D eigenvalue weighted by atomic mass is 15.3. The predicted molar refractivity (Wildman–Crippen MR) is 79.0 cm³/mol. The Morgan fingerprint density at radius 2 is 2.05 bits per heavy atom. The zero-order valence-electron chi connectivity index (χ0n) is 11.9. The summed E-state index contributed by atoms with van der Waals surface area (Å²) in [5.74, 6) is 0.843. The van der Waals surface area contributed by atoms with Gasteiger partial charge in [0, 0.05) is 18.4 Å². The Bertz CT molecular complexity index is 738. The largest absolute Gasteiger partial charge is 0.325 e. The summed E-state index contributed by atoms with van der Waals surface area (Å²) in [6.45, 7) is 4.68. The molecule has 0 saturated heterocycles. The lowest BCUT2D eigenvalue weighted by molar-refractivity contribution is 0.762. The van der Waals surface area contributed by atoms with Crippen molar-refractivity contribution in [2.75, 3.05) is 0 Å². The second kappa shape index (κ2) is 5.09. The Kier molecular flexibility index (Phi) is 3.28. The van der Waals surface area contributed by atoms with Gasteiger partial charge in [0.2, 0.25) is 0 Å². The van der Waals surface area contributed by atoms with Crippen molar-refractivity contribution < 1.29 is 0 Å². The molecule has 0 spiro atoms. The molecule has 0 aromatic carbocycles. The normalized spacial score (nSPS) is 11.3. The second-order valence-corrected chi connectivity index (χ2v) is 4.76. The van der Waals surface area contributed by atoms with E-state index in [1.807, 2.05) is 33.5 Å². The van der Waals surface area contributed by atoms with Crippen molar-refractivity contribution in [3.63, 3.8) is 0 Å². The summed E-state index contributed by atoms with van der Waals surface area (Å²) in [6, 6.07) is 8.09. The van der Waals surface area contributed by atoms with E-state index in [2.05, 4.69) is 25.0 Å². The fraction of sp³-hybridized carbons (Fsp3) is 0.333. The molecule has 0 aliphatic carbocycles. The standard InChI is InChI=1S/C15H19N5/c1-3-11-9-12(4-2)20(18-11)15-13(10-16)19-8-6-5-7-14(19)17-15/h5-9H,3-4,10,16H2,1-2H3. The zero-order chi connectivity index (χ0) is 14.1. The van der Waals surface area contributed by atoms with Gasteiger partial charge in [0.15, 0.2) is 5.82 Å². The van der Waals surface area contributed by atoms with E-state index in [1.54, 1.807) is 0 Å². The summed E-state index contributed by atoms with van der Waals surface area (Å²) in [5, 5.41) is 4.66. The van der Waals surface area contributed by atoms with E-state index in [0.29, 0.717) is 6.54 Å². The van der Waals surface area contributed by atoms with Crippen molar-refractivity contribution in [2.45, 2.75) is 33.2 Å². The van der Waals surface area contributed by atoms with Crippen LogP contribution in [0, 0.1) is 0 Å². The molecule has 0 fully saturated rings. The van der Waals surface area contributed by atoms with Crippen molar-refractivity contribution in [3.05, 3.63) is 47.5 Å². The van der Waals surface area contributed by atoms with Gasteiger partial charge in [0.25, 0.3) is 0 Å². The molecule has 0 saturated carbocycles. The summed E-state index contributed by atoms with van der Waals surface area (Å²) in [6.07, 6.45) is 3.83. The Labute approximate surface area is 118 Å². The molecule has 0 aliphatic rings. The van der Waals surface area contributed by atoms with Gasteiger partial charge in [-0.1, -0.05) is 19.9 Å². The number of nitrogens with two attached hydrogens (primary N) is 1. The summed E-state index contributed by atoms with van der Waals surface area (Å²) < 4.78 is 3.97. The molecule has 20 heavy (non-hydrogen) atoms. The molecular formula is C15H19N5. The van der Waals surface area contributed by atoms with Gasteiger partial charge in [-0.05, 0) is 31.0 Å². The lowest BCUT2D eigenvalue weighted by atomic mass is 10.2. The van der Waals surface area contributed by atoms with Gasteiger partial charge >= 0.3 is 0 Å². The van der Waals surface area contributed by atoms with Crippen LogP contribution in [0.25, 0.3) is 11.5 Å². The van der Waals surface area contributed by atoms with Crippen molar-refractivity contribution >= 4 is 5.65 Å². The number of nitrogens with zero attached hydrogens (tertiary/aromatic N) is 4. The molecule has 3 aromatic rings. The van der Waals surface area contributed by atoms with Crippen LogP contribution in [0.15, 0.2) is 30.5 Å². The topological polar surface area (TPSA) is 61.1 Å². The van der Waals surface area contributed by atoms with E-state index < -0.39 is 0 Å². The lowest BCUT2D eigenvalue weighted by Gasteiger charge is -2.05. The van der Waals surface area contributed by atoms with Crippen LogP contribution in [0.2, 0.25) is 0 Å². The summed E-state index contributed by atoms with van der Waals surface area (Å²) in [7, 11) is 0. The first kappa shape index (κ1) is 12.9. The maximum absolute atomic E-state index is 5.93. The van der Waals surface area contributed by atoms with E-state index in [1.165, 1.54) is 5.69 Å². The molecule has 5 heteroatoms. The molecule has 5 nitrogen and oxygen atoms in total. The summed E-state index contributed by atoms with van der Waals surface area (Å²) >= 11 is 0. The number of hydrogen-bond donors (Lipinski definition) is 1. The fourth-order valence-electron chi connectivity index (χ4n) is 2.48. The third kappa shape index (κ3) is 1.91. The maximum Gasteiger partial charge on any atom is 0.177 e. The molecule has 0 radical (unpaired) electrons. The maximum atomic E-state index is 5.93. The molecule has 0 unspecified atom stereocenters. The summed E-state index contributed by atoms with van der Waals surface area (Å²) in [5.41, 5.74) is 10.1. The number of hydrogen-bond acceptors (Lipinski definition) is 3. The van der Waals surface area contributed by atoms with Crippen LogP contribution in [-0.4, -0.2) is 19.2 Å². The highest BCUT2D eigenvalue weighted by molar-refractivity contribution is 5.49. The van der Waals surface area contributed by atoms with Crippen LogP contribution in [-0.2, 0) is 19.4 Å². The third-order valence-electron chi connectivity index (χ3n) is 3.56. The lowest BCUT2D eigenvalue weighted by Crippen LogP contribution is -2.09. The smallest absolute Gasteiger partial charge is 0.177 e. The van der Waals surface area contributed by atoms with Gasteiger partial charge in [0.1, 0.15) is 5.65 Å². The van der Waals surface area contributed by atoms with E-state index in [-0.39, 0.29) is 0 Å². The first-order valence-electron chi connectivity index (χ1n) is 7.02. The number of pyridine rings is 1. The van der Waals surface area contributed by atoms with Gasteiger partial charge in [-0.3, -0.25) is 0 Å². The first-order valence-corrected chi connectivity index (χ1v) is 7.02. The Hall–Kier alpha value is -2.14. The number of fused-ring (bicyclic) bond motifs is 1. The average Bonchev–Trinajstić information content (AvgIpc) is 3.07. The Morgan fingerprint density at radius 3 is 2.75 bits per heavy atom. The highest BCUT2D eigenvalue weighted by Crippen LogP contribution is 2.19. The van der Waals surface area contributed by atoms with Gasteiger partial charge in [0.05, 0.1) is 11.4 Å². The molecular weight excluding hydrogens is 250 g/mol. The molecule has 0 atom stereocenters. The van der Waals surface area contributed by atoms with E-state index in [4.69, 9.17) is 10.7 Å². The van der Waals surface area contributed by atoms with Crippen LogP contribution in [0.3, 0.4) is 0 Å². The number of aromatic nitrogens is 4. The minimum Gasteiger partial charge on any atom is -0.325 e. The fourth-order valence-corrected chi connectivity index (χ4v) is 2.48. The van der Waals surface area contributed by atoms with Crippen molar-refractivity contribution in [1.29, 1.82) is 0 Å². The van der Waals surface area contributed by atoms with Gasteiger partial charge < -0.3 is 10.1 Å². The van der Waals surface area contributed by atoms with E-state index in [9.17, 15) is 0 Å². The minimum atomic E-state index is 0.436. The minimum absolute atomic E-state index is 0.436. The van der Waals surface area contributed by atoms with Crippen LogP contribution < -0.4 is 5.73 Å². The SMILES string of the molecule is CCc1cc(CC)n(-c2nc3ccccn3c2CN)n1. The van der Waals surface area contributed by atoms with Crippen LogP contribution in [0.1, 0.15) is 30.9 Å². The van der Waals surface area contributed by atoms with Crippen LogP contribution in [0.5, 0.6) is 0 Å². The monoisotopic (exact) mass is 269 g/mol. The molecule has 2 N–H and O–H groups in total. The van der Waals surface area contributed by atoms with Crippen LogP contribution in [0.4, 0.5) is 0 Å². The van der Waals surface area contributed by atoms with Crippen molar-refractivity contribution in [3.8, 4) is 5.82 Å². The highest BCUT2D eigenvalue weighted by Gasteiger charge is 2.16. The summed E-state index contributed by atoms with van der Waals surface area (Å²) in [4.78, 5) is 4.69. The van der Waals surface area contributed by atoms with Gasteiger partial charge in [-0.15, -0.1) is 0 Å². The molecule has 3 rings (SSSR count). The average molecular weight is 269 g/mol. The zero-order valence-corrected chi connectivity index (χ0v) is 11.9. The molecule has 0 amide bonds. The molecule has 3 aromatic heterocycles. The Balaban J connectivity index is 2.26. The molecule has 0 bridgehead atoms. The molecule has 0 aliphatic heterocycles. The number of rotatable bonds is 4. The van der Waals surface area contributed by atoms with E-state index >= 15 is 0 Å².